The monoisotopic (exact) mass is 118 g/mol. The lowest BCUT2D eigenvalue weighted by Gasteiger charge is -1.98. The Balaban J connectivity index is 2.65. The molecule has 0 atom stereocenters. The molecule has 1 rings (SSSR count). The van der Waals surface area contributed by atoms with Gasteiger partial charge < -0.3 is 0 Å². The van der Waals surface area contributed by atoms with Crippen LogP contribution < -0.4 is 0 Å². The fourth-order valence-electron chi connectivity index (χ4n) is 0.867. The zero-order chi connectivity index (χ0) is 6.53. The van der Waals surface area contributed by atoms with Crippen LogP contribution in [-0.2, 0) is 0 Å². The van der Waals surface area contributed by atoms with Crippen molar-refractivity contribution >= 4 is 0 Å². The molecule has 1 aliphatic rings. The van der Waals surface area contributed by atoms with E-state index < -0.39 is 0 Å². The van der Waals surface area contributed by atoms with Crippen molar-refractivity contribution in [1.29, 1.82) is 0 Å². The minimum Gasteiger partial charge on any atom is -0.102 e. The van der Waals surface area contributed by atoms with Gasteiger partial charge in [0.15, 0.2) is 0 Å². The van der Waals surface area contributed by atoms with Gasteiger partial charge >= 0.3 is 0 Å². The molecule has 0 aromatic rings. The molecule has 0 spiro atoms. The van der Waals surface area contributed by atoms with Crippen molar-refractivity contribution in [3.8, 4) is 11.8 Å². The van der Waals surface area contributed by atoms with E-state index in [4.69, 9.17) is 0 Å². The summed E-state index contributed by atoms with van der Waals surface area (Å²) in [7, 11) is 0. The fraction of sp³-hybridized carbons (Fsp3) is 0.333. The molecule has 9 heavy (non-hydrogen) atoms. The average molecular weight is 118 g/mol. The van der Waals surface area contributed by atoms with Gasteiger partial charge in [0.2, 0.25) is 0 Å². The molecule has 0 heteroatoms. The molecule has 0 aliphatic heterocycles. The largest absolute Gasteiger partial charge is 0.102 e. The van der Waals surface area contributed by atoms with Crippen LogP contribution >= 0.6 is 0 Å². The highest BCUT2D eigenvalue weighted by atomic mass is 14.0. The molecule has 1 aliphatic carbocycles. The van der Waals surface area contributed by atoms with Crippen LogP contribution in [0.5, 0.6) is 0 Å². The summed E-state index contributed by atoms with van der Waals surface area (Å²) in [5.74, 6) is 5.93. The highest BCUT2D eigenvalue weighted by Gasteiger charge is 1.92. The van der Waals surface area contributed by atoms with Crippen LogP contribution in [0, 0.1) is 11.8 Å². The van der Waals surface area contributed by atoms with Crippen LogP contribution in [0.1, 0.15) is 19.8 Å². The van der Waals surface area contributed by atoms with Gasteiger partial charge in [0.05, 0.1) is 0 Å². The van der Waals surface area contributed by atoms with E-state index in [1.807, 2.05) is 6.92 Å². The van der Waals surface area contributed by atoms with Gasteiger partial charge in [0, 0.05) is 5.57 Å². The molecule has 0 aromatic heterocycles. The SMILES string of the molecule is CC#CC1=CC=CCC1. The first kappa shape index (κ1) is 6.16. The molecule has 0 aromatic carbocycles. The fourth-order valence-corrected chi connectivity index (χ4v) is 0.867. The van der Waals surface area contributed by atoms with E-state index in [1.54, 1.807) is 0 Å². The van der Waals surface area contributed by atoms with E-state index in [0.29, 0.717) is 0 Å². The Kier molecular flexibility index (Phi) is 2.15. The predicted octanol–water partition coefficient (Wildman–Crippen LogP) is 2.29. The summed E-state index contributed by atoms with van der Waals surface area (Å²) in [5, 5.41) is 0. The van der Waals surface area contributed by atoms with Gasteiger partial charge in [-0.25, -0.2) is 0 Å². The summed E-state index contributed by atoms with van der Waals surface area (Å²) in [4.78, 5) is 0. The minimum absolute atomic E-state index is 1.12. The van der Waals surface area contributed by atoms with Gasteiger partial charge in [-0.15, -0.1) is 5.92 Å². The van der Waals surface area contributed by atoms with Crippen molar-refractivity contribution in [2.45, 2.75) is 19.8 Å². The summed E-state index contributed by atoms with van der Waals surface area (Å²) in [5.41, 5.74) is 1.26. The van der Waals surface area contributed by atoms with Gasteiger partial charge in [-0.3, -0.25) is 0 Å². The Morgan fingerprint density at radius 3 is 3.00 bits per heavy atom. The van der Waals surface area contributed by atoms with Crippen LogP contribution in [0.3, 0.4) is 0 Å². The van der Waals surface area contributed by atoms with Crippen LogP contribution in [0.2, 0.25) is 0 Å². The lowest BCUT2D eigenvalue weighted by atomic mass is 10.1. The van der Waals surface area contributed by atoms with Gasteiger partial charge in [0.1, 0.15) is 0 Å². The maximum atomic E-state index is 3.04. The first-order chi connectivity index (χ1) is 4.43. The van der Waals surface area contributed by atoms with Gasteiger partial charge in [-0.05, 0) is 19.8 Å². The van der Waals surface area contributed by atoms with Gasteiger partial charge in [-0.1, -0.05) is 24.1 Å². The van der Waals surface area contributed by atoms with E-state index in [-0.39, 0.29) is 0 Å². The number of hydrogen-bond acceptors (Lipinski definition) is 0. The third kappa shape index (κ3) is 1.77. The summed E-state index contributed by atoms with van der Waals surface area (Å²) < 4.78 is 0. The van der Waals surface area contributed by atoms with E-state index >= 15 is 0 Å². The number of allylic oxidation sites excluding steroid dienone is 4. The first-order valence-corrected chi connectivity index (χ1v) is 3.22. The second-order valence-electron chi connectivity index (χ2n) is 2.03. The first-order valence-electron chi connectivity index (χ1n) is 3.22. The van der Waals surface area contributed by atoms with Crippen LogP contribution in [0.25, 0.3) is 0 Å². The van der Waals surface area contributed by atoms with Crippen molar-refractivity contribution in [2.24, 2.45) is 0 Å². The van der Waals surface area contributed by atoms with E-state index in [9.17, 15) is 0 Å². The number of rotatable bonds is 0. The maximum Gasteiger partial charge on any atom is 0.00231 e. The third-order valence-corrected chi connectivity index (χ3v) is 1.30. The summed E-state index contributed by atoms with van der Waals surface area (Å²) in [6, 6.07) is 0. The van der Waals surface area contributed by atoms with Gasteiger partial charge in [0.25, 0.3) is 0 Å². The lowest BCUT2D eigenvalue weighted by Crippen LogP contribution is -1.81. The zero-order valence-corrected chi connectivity index (χ0v) is 5.65. The second kappa shape index (κ2) is 3.14. The quantitative estimate of drug-likeness (QED) is 0.428. The Bertz CT molecular complexity index is 196. The Morgan fingerprint density at radius 1 is 1.56 bits per heavy atom. The molecule has 0 unspecified atom stereocenters. The van der Waals surface area contributed by atoms with Crippen molar-refractivity contribution in [3.63, 3.8) is 0 Å². The molecular formula is C9H10. The molecule has 46 valence electrons. The molecule has 0 N–H and O–H groups in total. The summed E-state index contributed by atoms with van der Waals surface area (Å²) >= 11 is 0. The smallest absolute Gasteiger partial charge is 0.00231 e. The van der Waals surface area contributed by atoms with E-state index in [1.165, 1.54) is 5.57 Å². The molecular weight excluding hydrogens is 108 g/mol. The van der Waals surface area contributed by atoms with E-state index in [0.717, 1.165) is 12.8 Å². The van der Waals surface area contributed by atoms with Crippen molar-refractivity contribution in [2.75, 3.05) is 0 Å². The highest BCUT2D eigenvalue weighted by Crippen LogP contribution is 2.09. The predicted molar refractivity (Wildman–Crippen MR) is 39.9 cm³/mol. The Labute approximate surface area is 56.3 Å². The molecule has 0 bridgehead atoms. The number of hydrogen-bond donors (Lipinski definition) is 0. The molecule has 0 amide bonds. The summed E-state index contributed by atoms with van der Waals surface area (Å²) in [6.45, 7) is 1.87. The van der Waals surface area contributed by atoms with Crippen molar-refractivity contribution in [1.82, 2.24) is 0 Å². The van der Waals surface area contributed by atoms with Crippen LogP contribution in [0.4, 0.5) is 0 Å². The molecule has 0 fully saturated rings. The maximum absolute atomic E-state index is 3.04. The lowest BCUT2D eigenvalue weighted by molar-refractivity contribution is 1.000. The highest BCUT2D eigenvalue weighted by molar-refractivity contribution is 5.33. The van der Waals surface area contributed by atoms with Crippen molar-refractivity contribution < 1.29 is 0 Å². The summed E-state index contributed by atoms with van der Waals surface area (Å²) in [6.07, 6.45) is 8.60. The topological polar surface area (TPSA) is 0 Å². The van der Waals surface area contributed by atoms with Crippen molar-refractivity contribution in [3.05, 3.63) is 23.8 Å². The molecule has 0 saturated heterocycles. The standard InChI is InChI=1S/C9H10/c1-2-6-9-7-4-3-5-8-9/h3-4,7H,5,8H2,1H3. The average Bonchev–Trinajstić information content (AvgIpc) is 1.91. The Morgan fingerprint density at radius 2 is 2.44 bits per heavy atom. The zero-order valence-electron chi connectivity index (χ0n) is 5.65. The second-order valence-corrected chi connectivity index (χ2v) is 2.03. The van der Waals surface area contributed by atoms with Crippen LogP contribution in [-0.4, -0.2) is 0 Å². The minimum atomic E-state index is 1.12. The third-order valence-electron chi connectivity index (χ3n) is 1.30. The molecule has 0 nitrogen and oxygen atoms in total. The van der Waals surface area contributed by atoms with E-state index in [2.05, 4.69) is 30.1 Å². The molecule has 0 radical (unpaired) electrons. The van der Waals surface area contributed by atoms with Crippen LogP contribution in [0.15, 0.2) is 23.8 Å². The normalized spacial score (nSPS) is 15.9. The molecule has 0 saturated carbocycles. The van der Waals surface area contributed by atoms with Gasteiger partial charge in [-0.2, -0.15) is 0 Å². The molecule has 0 heterocycles. The Hall–Kier alpha value is -0.960.